The molecular formula is C19H24N2O. The van der Waals surface area contributed by atoms with Crippen LogP contribution in [0.4, 0.5) is 0 Å². The molecule has 0 saturated heterocycles. The molecule has 1 amide bonds. The van der Waals surface area contributed by atoms with Gasteiger partial charge in [-0.25, -0.2) is 0 Å². The molecular weight excluding hydrogens is 272 g/mol. The molecule has 1 atom stereocenters. The first kappa shape index (κ1) is 16.2. The summed E-state index contributed by atoms with van der Waals surface area (Å²) in [6, 6.07) is 19.5. The van der Waals surface area contributed by atoms with Crippen molar-refractivity contribution in [2.75, 3.05) is 0 Å². The van der Waals surface area contributed by atoms with Crippen LogP contribution in [0, 0.1) is 0 Å². The fraction of sp³-hybridized carbons (Fsp3) is 0.316. The third kappa shape index (κ3) is 4.43. The van der Waals surface area contributed by atoms with E-state index in [1.54, 1.807) is 0 Å². The lowest BCUT2D eigenvalue weighted by atomic mass is 10.0. The second-order valence-electron chi connectivity index (χ2n) is 5.84. The lowest BCUT2D eigenvalue weighted by molar-refractivity contribution is -0.135. The molecule has 0 aliphatic carbocycles. The quantitative estimate of drug-likeness (QED) is 0.890. The van der Waals surface area contributed by atoms with E-state index in [1.807, 2.05) is 79.4 Å². The SMILES string of the molecule is CC(C)N(Cc1ccccc1)C(=O)[C@@H](N)Cc1ccccc1. The fourth-order valence-corrected chi connectivity index (χ4v) is 2.46. The second-order valence-corrected chi connectivity index (χ2v) is 5.84. The second kappa shape index (κ2) is 7.76. The molecule has 2 aromatic carbocycles. The van der Waals surface area contributed by atoms with Crippen LogP contribution in [-0.2, 0) is 17.8 Å². The average Bonchev–Trinajstić information content (AvgIpc) is 2.53. The molecule has 2 rings (SSSR count). The zero-order chi connectivity index (χ0) is 15.9. The van der Waals surface area contributed by atoms with Gasteiger partial charge in [-0.05, 0) is 31.4 Å². The van der Waals surface area contributed by atoms with Gasteiger partial charge in [-0.1, -0.05) is 60.7 Å². The zero-order valence-electron chi connectivity index (χ0n) is 13.3. The van der Waals surface area contributed by atoms with Crippen LogP contribution in [0.1, 0.15) is 25.0 Å². The number of benzene rings is 2. The molecule has 0 aromatic heterocycles. The Hall–Kier alpha value is -2.13. The standard InChI is InChI=1S/C19H24N2O/c1-15(2)21(14-17-11-7-4-8-12-17)19(22)18(20)13-16-9-5-3-6-10-16/h3-12,15,18H,13-14,20H2,1-2H3/t18-/m0/s1. The van der Waals surface area contributed by atoms with Crippen molar-refractivity contribution < 1.29 is 4.79 Å². The summed E-state index contributed by atoms with van der Waals surface area (Å²) >= 11 is 0. The largest absolute Gasteiger partial charge is 0.335 e. The molecule has 0 fully saturated rings. The van der Waals surface area contributed by atoms with Crippen LogP contribution in [0.2, 0.25) is 0 Å². The van der Waals surface area contributed by atoms with Gasteiger partial charge in [0.1, 0.15) is 0 Å². The van der Waals surface area contributed by atoms with E-state index in [1.165, 1.54) is 0 Å². The number of rotatable bonds is 6. The van der Waals surface area contributed by atoms with Crippen molar-refractivity contribution in [3.05, 3.63) is 71.8 Å². The summed E-state index contributed by atoms with van der Waals surface area (Å²) in [5, 5.41) is 0. The van der Waals surface area contributed by atoms with E-state index < -0.39 is 6.04 Å². The smallest absolute Gasteiger partial charge is 0.240 e. The van der Waals surface area contributed by atoms with Gasteiger partial charge in [0, 0.05) is 12.6 Å². The molecule has 3 nitrogen and oxygen atoms in total. The van der Waals surface area contributed by atoms with E-state index in [4.69, 9.17) is 5.73 Å². The third-order valence-electron chi connectivity index (χ3n) is 3.72. The molecule has 116 valence electrons. The van der Waals surface area contributed by atoms with E-state index in [2.05, 4.69) is 0 Å². The highest BCUT2D eigenvalue weighted by atomic mass is 16.2. The minimum atomic E-state index is -0.506. The number of carbonyl (C=O) groups is 1. The normalized spacial score (nSPS) is 12.2. The Morgan fingerprint density at radius 1 is 0.955 bits per heavy atom. The van der Waals surface area contributed by atoms with Gasteiger partial charge in [0.15, 0.2) is 0 Å². The summed E-state index contributed by atoms with van der Waals surface area (Å²) in [5.41, 5.74) is 8.36. The highest BCUT2D eigenvalue weighted by Crippen LogP contribution is 2.11. The fourth-order valence-electron chi connectivity index (χ4n) is 2.46. The third-order valence-corrected chi connectivity index (χ3v) is 3.72. The predicted molar refractivity (Wildman–Crippen MR) is 90.2 cm³/mol. The lowest BCUT2D eigenvalue weighted by Crippen LogP contribution is -2.47. The molecule has 0 aliphatic rings. The Morgan fingerprint density at radius 3 is 1.95 bits per heavy atom. The summed E-state index contributed by atoms with van der Waals surface area (Å²) in [6.45, 7) is 4.64. The molecule has 0 unspecified atom stereocenters. The molecule has 3 heteroatoms. The Labute approximate surface area is 132 Å². The van der Waals surface area contributed by atoms with Gasteiger partial charge < -0.3 is 10.6 Å². The van der Waals surface area contributed by atoms with Crippen molar-refractivity contribution in [3.8, 4) is 0 Å². The van der Waals surface area contributed by atoms with Crippen LogP contribution in [-0.4, -0.2) is 22.9 Å². The number of carbonyl (C=O) groups excluding carboxylic acids is 1. The number of hydrogen-bond donors (Lipinski definition) is 1. The molecule has 0 spiro atoms. The topological polar surface area (TPSA) is 46.3 Å². The Morgan fingerprint density at radius 2 is 1.45 bits per heavy atom. The Bertz CT molecular complexity index is 581. The molecule has 2 aromatic rings. The van der Waals surface area contributed by atoms with Crippen molar-refractivity contribution >= 4 is 5.91 Å². The monoisotopic (exact) mass is 296 g/mol. The highest BCUT2D eigenvalue weighted by Gasteiger charge is 2.23. The molecule has 0 saturated carbocycles. The minimum absolute atomic E-state index is 0.00251. The summed E-state index contributed by atoms with van der Waals surface area (Å²) in [7, 11) is 0. The first-order chi connectivity index (χ1) is 10.6. The van der Waals surface area contributed by atoms with Gasteiger partial charge in [0.25, 0.3) is 0 Å². The molecule has 22 heavy (non-hydrogen) atoms. The lowest BCUT2D eigenvalue weighted by Gasteiger charge is -2.29. The van der Waals surface area contributed by atoms with Crippen molar-refractivity contribution in [2.45, 2.75) is 38.9 Å². The number of amides is 1. The molecule has 2 N–H and O–H groups in total. The molecule has 0 aliphatic heterocycles. The first-order valence-electron chi connectivity index (χ1n) is 7.72. The van der Waals surface area contributed by atoms with Crippen molar-refractivity contribution in [3.63, 3.8) is 0 Å². The maximum Gasteiger partial charge on any atom is 0.240 e. The van der Waals surface area contributed by atoms with Gasteiger partial charge in [-0.2, -0.15) is 0 Å². The maximum absolute atomic E-state index is 12.7. The van der Waals surface area contributed by atoms with Crippen LogP contribution in [0.3, 0.4) is 0 Å². The molecule has 0 heterocycles. The van der Waals surface area contributed by atoms with E-state index in [-0.39, 0.29) is 11.9 Å². The van der Waals surface area contributed by atoms with Gasteiger partial charge in [0.05, 0.1) is 6.04 Å². The van der Waals surface area contributed by atoms with Gasteiger partial charge in [-0.3, -0.25) is 4.79 Å². The van der Waals surface area contributed by atoms with Crippen LogP contribution in [0.15, 0.2) is 60.7 Å². The number of nitrogens with two attached hydrogens (primary N) is 1. The average molecular weight is 296 g/mol. The first-order valence-corrected chi connectivity index (χ1v) is 7.72. The van der Waals surface area contributed by atoms with Gasteiger partial charge in [-0.15, -0.1) is 0 Å². The summed E-state index contributed by atoms with van der Waals surface area (Å²) in [6.07, 6.45) is 0.567. The Balaban J connectivity index is 2.06. The van der Waals surface area contributed by atoms with E-state index in [9.17, 15) is 4.79 Å². The van der Waals surface area contributed by atoms with Crippen LogP contribution in [0.5, 0.6) is 0 Å². The van der Waals surface area contributed by atoms with Gasteiger partial charge >= 0.3 is 0 Å². The summed E-state index contributed by atoms with van der Waals surface area (Å²) in [5.74, 6) is 0.00251. The predicted octanol–water partition coefficient (Wildman–Crippen LogP) is 2.99. The van der Waals surface area contributed by atoms with Crippen LogP contribution < -0.4 is 5.73 Å². The maximum atomic E-state index is 12.7. The minimum Gasteiger partial charge on any atom is -0.335 e. The van der Waals surface area contributed by atoms with E-state index >= 15 is 0 Å². The highest BCUT2D eigenvalue weighted by molar-refractivity contribution is 5.82. The molecule has 0 bridgehead atoms. The number of hydrogen-bond acceptors (Lipinski definition) is 2. The summed E-state index contributed by atoms with van der Waals surface area (Å²) in [4.78, 5) is 14.5. The van der Waals surface area contributed by atoms with Crippen molar-refractivity contribution in [2.24, 2.45) is 5.73 Å². The van der Waals surface area contributed by atoms with Crippen molar-refractivity contribution in [1.82, 2.24) is 4.90 Å². The van der Waals surface area contributed by atoms with E-state index in [0.29, 0.717) is 13.0 Å². The van der Waals surface area contributed by atoms with E-state index in [0.717, 1.165) is 11.1 Å². The van der Waals surface area contributed by atoms with Gasteiger partial charge in [0.2, 0.25) is 5.91 Å². The number of nitrogens with zero attached hydrogens (tertiary/aromatic N) is 1. The molecule has 0 radical (unpaired) electrons. The van der Waals surface area contributed by atoms with Crippen LogP contribution >= 0.6 is 0 Å². The summed E-state index contributed by atoms with van der Waals surface area (Å²) < 4.78 is 0. The Kier molecular flexibility index (Phi) is 5.73. The van der Waals surface area contributed by atoms with Crippen LogP contribution in [0.25, 0.3) is 0 Å². The van der Waals surface area contributed by atoms with Crippen molar-refractivity contribution in [1.29, 1.82) is 0 Å². The zero-order valence-corrected chi connectivity index (χ0v) is 13.3.